The zero-order valence-corrected chi connectivity index (χ0v) is 28.2. The van der Waals surface area contributed by atoms with Crippen molar-refractivity contribution < 1.29 is 28.6 Å². The van der Waals surface area contributed by atoms with Gasteiger partial charge in [-0.25, -0.2) is 4.79 Å². The molecule has 242 valence electrons. The Hall–Kier alpha value is -3.82. The molecule has 0 amide bonds. The van der Waals surface area contributed by atoms with E-state index in [0.717, 1.165) is 48.5 Å². The molecule has 1 atom stereocenters. The number of fused-ring (bicyclic) bond motifs is 1. The Labute approximate surface area is 269 Å². The number of benzene rings is 2. The van der Waals surface area contributed by atoms with Crippen LogP contribution in [0.15, 0.2) is 64.6 Å². The monoisotopic (exact) mass is 614 g/mol. The number of furan rings is 1. The van der Waals surface area contributed by atoms with Crippen molar-refractivity contribution in [1.82, 2.24) is 0 Å². The molecule has 0 radical (unpaired) electrons. The summed E-state index contributed by atoms with van der Waals surface area (Å²) < 4.78 is 17.3. The maximum atomic E-state index is 13.1. The number of rotatable bonds is 11. The van der Waals surface area contributed by atoms with Gasteiger partial charge < -0.3 is 19.0 Å². The number of hydrogen-bond acceptors (Lipinski definition) is 6. The van der Waals surface area contributed by atoms with Gasteiger partial charge in [-0.1, -0.05) is 63.3 Å². The number of aliphatic hydroxyl groups is 1. The molecule has 6 nitrogen and oxygen atoms in total. The Morgan fingerprint density at radius 3 is 2.27 bits per heavy atom. The van der Waals surface area contributed by atoms with Gasteiger partial charge in [-0.2, -0.15) is 0 Å². The van der Waals surface area contributed by atoms with E-state index in [-0.39, 0.29) is 18.5 Å². The van der Waals surface area contributed by atoms with Crippen LogP contribution in [0.1, 0.15) is 89.7 Å². The minimum atomic E-state index is -0.815. The standard InChI is InChI=1S/C38H46O5.CH4O/c1-25(2)18-30(19-26(3)4)14-16-31-21-34(43-36(31)39)24-41-37(40)38(6,7)23-33-22-32-20-29(15-17-35(32)42-33)13-12-28-10-8-27(5)9-11-28;1-2/h8-11,15-17,20,22,25-26,30,34H,14,18-19,21,23-24H2,1-7H3;2H,1H3/b31-16+;. The zero-order chi connectivity index (χ0) is 33.1. The van der Waals surface area contributed by atoms with Crippen LogP contribution in [0.2, 0.25) is 0 Å². The lowest BCUT2D eigenvalue weighted by molar-refractivity contribution is -0.160. The van der Waals surface area contributed by atoms with E-state index in [0.29, 0.717) is 41.9 Å². The van der Waals surface area contributed by atoms with E-state index in [4.69, 9.17) is 19.0 Å². The molecule has 3 aromatic rings. The number of ether oxygens (including phenoxy) is 2. The van der Waals surface area contributed by atoms with Crippen LogP contribution >= 0.6 is 0 Å². The van der Waals surface area contributed by atoms with E-state index in [1.165, 1.54) is 5.56 Å². The molecular weight excluding hydrogens is 564 g/mol. The SMILES string of the molecule is CO.Cc1ccc(C#Cc2ccc3oc(CC(C)(C)C(=O)OCC4C/C(=C\CC(CC(C)C)CC(C)C)C(=O)O4)cc3c2)cc1. The van der Waals surface area contributed by atoms with Gasteiger partial charge in [0.25, 0.3) is 0 Å². The second-order valence-corrected chi connectivity index (χ2v) is 13.6. The van der Waals surface area contributed by atoms with E-state index in [2.05, 4.69) is 58.6 Å². The second-order valence-electron chi connectivity index (χ2n) is 13.6. The maximum Gasteiger partial charge on any atom is 0.334 e. The second kappa shape index (κ2) is 16.5. The van der Waals surface area contributed by atoms with Gasteiger partial charge in [0.1, 0.15) is 24.1 Å². The van der Waals surface area contributed by atoms with E-state index in [1.807, 2.05) is 56.3 Å². The van der Waals surface area contributed by atoms with Crippen molar-refractivity contribution in [2.24, 2.45) is 23.2 Å². The van der Waals surface area contributed by atoms with Crippen molar-refractivity contribution in [3.05, 3.63) is 82.6 Å². The Morgan fingerprint density at radius 1 is 1.00 bits per heavy atom. The first kappa shape index (κ1) is 35.7. The minimum absolute atomic E-state index is 0.0515. The molecular formula is C39H50O6. The number of carbonyl (C=O) groups excluding carboxylic acids is 2. The number of cyclic esters (lactones) is 1. The molecule has 1 aliphatic rings. The molecule has 4 rings (SSSR count). The number of esters is 2. The summed E-state index contributed by atoms with van der Waals surface area (Å²) in [6.07, 6.45) is 5.61. The van der Waals surface area contributed by atoms with Gasteiger partial charge in [0, 0.05) is 42.0 Å². The summed E-state index contributed by atoms with van der Waals surface area (Å²) in [5, 5.41) is 7.94. The molecule has 0 spiro atoms. The predicted octanol–water partition coefficient (Wildman–Crippen LogP) is 8.20. The fourth-order valence-electron chi connectivity index (χ4n) is 5.70. The van der Waals surface area contributed by atoms with Crippen molar-refractivity contribution in [1.29, 1.82) is 0 Å². The van der Waals surface area contributed by atoms with Crippen molar-refractivity contribution in [2.75, 3.05) is 13.7 Å². The van der Waals surface area contributed by atoms with E-state index in [9.17, 15) is 9.59 Å². The van der Waals surface area contributed by atoms with Crippen LogP contribution in [0.3, 0.4) is 0 Å². The van der Waals surface area contributed by atoms with Crippen LogP contribution in [0, 0.1) is 41.9 Å². The van der Waals surface area contributed by atoms with Crippen molar-refractivity contribution in [3.63, 3.8) is 0 Å². The number of hydrogen-bond donors (Lipinski definition) is 1. The Bertz CT molecular complexity index is 1500. The Morgan fingerprint density at radius 2 is 1.62 bits per heavy atom. The predicted molar refractivity (Wildman–Crippen MR) is 180 cm³/mol. The van der Waals surface area contributed by atoms with Crippen LogP contribution in [0.5, 0.6) is 0 Å². The molecule has 0 saturated carbocycles. The molecule has 1 N–H and O–H groups in total. The van der Waals surface area contributed by atoms with Crippen LogP contribution < -0.4 is 0 Å². The molecule has 1 unspecified atom stereocenters. The lowest BCUT2D eigenvalue weighted by Gasteiger charge is -2.22. The molecule has 0 bridgehead atoms. The molecule has 2 aromatic carbocycles. The molecule has 1 aromatic heterocycles. The summed E-state index contributed by atoms with van der Waals surface area (Å²) in [6.45, 7) is 14.8. The van der Waals surface area contributed by atoms with Crippen LogP contribution in [-0.4, -0.2) is 36.9 Å². The molecule has 2 heterocycles. The average molecular weight is 615 g/mol. The average Bonchev–Trinajstić information content (AvgIpc) is 3.55. The fraction of sp³-hybridized carbons (Fsp3) is 0.487. The molecule has 45 heavy (non-hydrogen) atoms. The molecule has 1 saturated heterocycles. The van der Waals surface area contributed by atoms with Gasteiger partial charge in [-0.05, 0) is 94.2 Å². The van der Waals surface area contributed by atoms with E-state index < -0.39 is 11.5 Å². The van der Waals surface area contributed by atoms with E-state index in [1.54, 1.807) is 0 Å². The zero-order valence-electron chi connectivity index (χ0n) is 28.2. The van der Waals surface area contributed by atoms with E-state index >= 15 is 0 Å². The first-order chi connectivity index (χ1) is 21.4. The van der Waals surface area contributed by atoms with Crippen molar-refractivity contribution in [3.8, 4) is 11.8 Å². The highest BCUT2D eigenvalue weighted by atomic mass is 16.6. The van der Waals surface area contributed by atoms with Crippen LogP contribution in [-0.2, 0) is 25.5 Å². The number of aliphatic hydroxyl groups excluding tert-OH is 1. The fourth-order valence-corrected chi connectivity index (χ4v) is 5.70. The number of allylic oxidation sites excluding steroid dienone is 1. The van der Waals surface area contributed by atoms with Gasteiger partial charge in [0.2, 0.25) is 0 Å². The topological polar surface area (TPSA) is 86.0 Å². The summed E-state index contributed by atoms with van der Waals surface area (Å²) in [4.78, 5) is 25.6. The van der Waals surface area contributed by atoms with Gasteiger partial charge in [0.05, 0.1) is 5.41 Å². The highest BCUT2D eigenvalue weighted by Gasteiger charge is 2.34. The number of carbonyl (C=O) groups is 2. The molecule has 1 aliphatic heterocycles. The maximum absolute atomic E-state index is 13.1. The molecule has 0 aliphatic carbocycles. The highest BCUT2D eigenvalue weighted by Crippen LogP contribution is 2.30. The van der Waals surface area contributed by atoms with Crippen molar-refractivity contribution in [2.45, 2.75) is 86.7 Å². The van der Waals surface area contributed by atoms with Gasteiger partial charge in [-0.3, -0.25) is 4.79 Å². The normalized spacial score (nSPS) is 15.7. The van der Waals surface area contributed by atoms with Gasteiger partial charge >= 0.3 is 11.9 Å². The lowest BCUT2D eigenvalue weighted by atomic mass is 9.86. The third-order valence-electron chi connectivity index (χ3n) is 7.83. The summed E-state index contributed by atoms with van der Waals surface area (Å²) in [7, 11) is 1.00. The summed E-state index contributed by atoms with van der Waals surface area (Å²) >= 11 is 0. The Kier molecular flexibility index (Phi) is 13.1. The summed E-state index contributed by atoms with van der Waals surface area (Å²) in [6, 6.07) is 16.0. The van der Waals surface area contributed by atoms with Crippen LogP contribution in [0.25, 0.3) is 11.0 Å². The quantitative estimate of drug-likeness (QED) is 0.133. The highest BCUT2D eigenvalue weighted by molar-refractivity contribution is 5.90. The lowest BCUT2D eigenvalue weighted by Crippen LogP contribution is -2.31. The molecule has 1 fully saturated rings. The smallest absolute Gasteiger partial charge is 0.334 e. The Balaban J connectivity index is 0.00000271. The third kappa shape index (κ3) is 10.9. The molecule has 6 heteroatoms. The minimum Gasteiger partial charge on any atom is -0.461 e. The first-order valence-corrected chi connectivity index (χ1v) is 16.0. The largest absolute Gasteiger partial charge is 0.461 e. The summed E-state index contributed by atoms with van der Waals surface area (Å²) in [5.74, 6) is 8.28. The van der Waals surface area contributed by atoms with Crippen LogP contribution in [0.4, 0.5) is 0 Å². The van der Waals surface area contributed by atoms with Gasteiger partial charge in [-0.15, -0.1) is 0 Å². The van der Waals surface area contributed by atoms with Crippen molar-refractivity contribution >= 4 is 22.9 Å². The van der Waals surface area contributed by atoms with Gasteiger partial charge in [0.15, 0.2) is 0 Å². The summed E-state index contributed by atoms with van der Waals surface area (Å²) in [5.41, 5.74) is 3.70. The first-order valence-electron chi connectivity index (χ1n) is 16.0. The third-order valence-corrected chi connectivity index (χ3v) is 7.83. The number of aryl methyl sites for hydroxylation is 1.